The molecule has 0 heterocycles. The van der Waals surface area contributed by atoms with E-state index in [9.17, 15) is 9.59 Å². The van der Waals surface area contributed by atoms with Crippen molar-refractivity contribution >= 4 is 17.6 Å². The van der Waals surface area contributed by atoms with E-state index in [0.717, 1.165) is 5.56 Å². The van der Waals surface area contributed by atoms with E-state index in [1.165, 1.54) is 0 Å². The molecule has 6 heteroatoms. The first kappa shape index (κ1) is 16.0. The summed E-state index contributed by atoms with van der Waals surface area (Å²) in [6.07, 6.45) is 0.667. The number of nitrogens with one attached hydrogen (secondary N) is 2. The van der Waals surface area contributed by atoms with E-state index in [4.69, 9.17) is 11.5 Å². The number of urea groups is 1. The smallest absolute Gasteiger partial charge is 0.316 e. The highest BCUT2D eigenvalue weighted by molar-refractivity contribution is 5.87. The third kappa shape index (κ3) is 4.89. The Hall–Kier alpha value is -2.08. The highest BCUT2D eigenvalue weighted by atomic mass is 16.2. The largest absolute Gasteiger partial charge is 0.351 e. The van der Waals surface area contributed by atoms with Gasteiger partial charge in [-0.3, -0.25) is 4.79 Å². The lowest BCUT2D eigenvalue weighted by Crippen LogP contribution is -2.32. The van der Waals surface area contributed by atoms with Crippen LogP contribution in [0.25, 0.3) is 0 Å². The molecule has 0 fully saturated rings. The van der Waals surface area contributed by atoms with E-state index in [1.807, 2.05) is 26.0 Å². The molecule has 6 nitrogen and oxygen atoms in total. The number of primary amides is 1. The van der Waals surface area contributed by atoms with Crippen LogP contribution in [-0.2, 0) is 4.79 Å². The minimum atomic E-state index is -0.602. The summed E-state index contributed by atoms with van der Waals surface area (Å²) >= 11 is 0. The molecular weight excluding hydrogens is 256 g/mol. The molecule has 20 heavy (non-hydrogen) atoms. The number of carbonyl (C=O) groups is 2. The van der Waals surface area contributed by atoms with E-state index < -0.39 is 6.03 Å². The number of amides is 3. The van der Waals surface area contributed by atoms with E-state index in [2.05, 4.69) is 10.6 Å². The van der Waals surface area contributed by atoms with Crippen LogP contribution in [0.5, 0.6) is 0 Å². The molecule has 0 saturated carbocycles. The van der Waals surface area contributed by atoms with Gasteiger partial charge in [0.15, 0.2) is 0 Å². The summed E-state index contributed by atoms with van der Waals surface area (Å²) in [6.45, 7) is 4.26. The van der Waals surface area contributed by atoms with Gasteiger partial charge in [-0.15, -0.1) is 0 Å². The van der Waals surface area contributed by atoms with Crippen molar-refractivity contribution in [3.63, 3.8) is 0 Å². The lowest BCUT2D eigenvalue weighted by molar-refractivity contribution is -0.125. The van der Waals surface area contributed by atoms with Crippen molar-refractivity contribution in [1.82, 2.24) is 5.32 Å². The predicted molar refractivity (Wildman–Crippen MR) is 79.0 cm³/mol. The minimum Gasteiger partial charge on any atom is -0.351 e. The summed E-state index contributed by atoms with van der Waals surface area (Å²) < 4.78 is 0. The van der Waals surface area contributed by atoms with Gasteiger partial charge in [-0.1, -0.05) is 19.1 Å². The maximum atomic E-state index is 11.9. The Kier molecular flexibility index (Phi) is 5.99. The SMILES string of the molecule is CC(CCN)C(=O)NC(C)c1ccc(NC(N)=O)cc1. The molecule has 2 unspecified atom stereocenters. The Balaban J connectivity index is 2.61. The average Bonchev–Trinajstić information content (AvgIpc) is 2.39. The van der Waals surface area contributed by atoms with Gasteiger partial charge in [0.05, 0.1) is 6.04 Å². The van der Waals surface area contributed by atoms with Gasteiger partial charge in [0.2, 0.25) is 5.91 Å². The second-order valence-corrected chi connectivity index (χ2v) is 4.82. The molecule has 0 saturated heterocycles. The van der Waals surface area contributed by atoms with Gasteiger partial charge < -0.3 is 22.1 Å². The summed E-state index contributed by atoms with van der Waals surface area (Å²) in [5.41, 5.74) is 12.0. The van der Waals surface area contributed by atoms with Gasteiger partial charge in [0, 0.05) is 11.6 Å². The third-order valence-electron chi connectivity index (χ3n) is 3.08. The third-order valence-corrected chi connectivity index (χ3v) is 3.08. The second kappa shape index (κ2) is 7.49. The summed E-state index contributed by atoms with van der Waals surface area (Å²) in [5.74, 6) is -0.111. The van der Waals surface area contributed by atoms with Gasteiger partial charge in [0.1, 0.15) is 0 Å². The van der Waals surface area contributed by atoms with Crippen LogP contribution in [0.3, 0.4) is 0 Å². The first-order valence-corrected chi connectivity index (χ1v) is 6.61. The Labute approximate surface area is 118 Å². The van der Waals surface area contributed by atoms with Gasteiger partial charge >= 0.3 is 6.03 Å². The second-order valence-electron chi connectivity index (χ2n) is 4.82. The van der Waals surface area contributed by atoms with Crippen LogP contribution in [0.4, 0.5) is 10.5 Å². The molecule has 2 atom stereocenters. The Morgan fingerprint density at radius 1 is 1.20 bits per heavy atom. The molecule has 3 amide bonds. The molecule has 0 aliphatic rings. The van der Waals surface area contributed by atoms with Crippen molar-refractivity contribution in [2.45, 2.75) is 26.3 Å². The Bertz CT molecular complexity index is 459. The van der Waals surface area contributed by atoms with Crippen molar-refractivity contribution in [3.8, 4) is 0 Å². The average molecular weight is 278 g/mol. The molecule has 6 N–H and O–H groups in total. The Morgan fingerprint density at radius 2 is 1.80 bits per heavy atom. The first-order chi connectivity index (χ1) is 9.43. The van der Waals surface area contributed by atoms with Gasteiger partial charge in [-0.05, 0) is 37.6 Å². The first-order valence-electron chi connectivity index (χ1n) is 6.61. The lowest BCUT2D eigenvalue weighted by Gasteiger charge is -2.18. The molecule has 0 aromatic heterocycles. The zero-order valence-corrected chi connectivity index (χ0v) is 11.8. The summed E-state index contributed by atoms with van der Waals surface area (Å²) in [4.78, 5) is 22.6. The van der Waals surface area contributed by atoms with Crippen LogP contribution >= 0.6 is 0 Å². The number of benzene rings is 1. The van der Waals surface area contributed by atoms with E-state index in [1.54, 1.807) is 12.1 Å². The number of anilines is 1. The highest BCUT2D eigenvalue weighted by Crippen LogP contribution is 2.16. The van der Waals surface area contributed by atoms with Crippen molar-refractivity contribution < 1.29 is 9.59 Å². The van der Waals surface area contributed by atoms with Crippen LogP contribution in [0.1, 0.15) is 31.9 Å². The molecule has 1 aromatic carbocycles. The molecule has 1 aromatic rings. The molecule has 110 valence electrons. The summed E-state index contributed by atoms with van der Waals surface area (Å²) in [5, 5.41) is 5.42. The molecule has 0 radical (unpaired) electrons. The Morgan fingerprint density at radius 3 is 2.30 bits per heavy atom. The standard InChI is InChI=1S/C14H22N4O2/c1-9(7-8-15)13(19)17-10(2)11-3-5-12(6-4-11)18-14(16)20/h3-6,9-10H,7-8,15H2,1-2H3,(H,17,19)(H3,16,18,20). The normalized spacial score (nSPS) is 13.3. The molecular formula is C14H22N4O2. The lowest BCUT2D eigenvalue weighted by atomic mass is 10.0. The van der Waals surface area contributed by atoms with Crippen LogP contribution in [0, 0.1) is 5.92 Å². The highest BCUT2D eigenvalue weighted by Gasteiger charge is 2.15. The van der Waals surface area contributed by atoms with Crippen LogP contribution in [0.15, 0.2) is 24.3 Å². The van der Waals surface area contributed by atoms with Crippen molar-refractivity contribution in [3.05, 3.63) is 29.8 Å². The fourth-order valence-corrected chi connectivity index (χ4v) is 1.82. The van der Waals surface area contributed by atoms with E-state index >= 15 is 0 Å². The molecule has 1 rings (SSSR count). The predicted octanol–water partition coefficient (Wildman–Crippen LogP) is 1.34. The molecule has 0 bridgehead atoms. The minimum absolute atomic E-state index is 0.0118. The zero-order chi connectivity index (χ0) is 15.1. The van der Waals surface area contributed by atoms with Gasteiger partial charge in [0.25, 0.3) is 0 Å². The maximum absolute atomic E-state index is 11.9. The van der Waals surface area contributed by atoms with Crippen molar-refractivity contribution in [1.29, 1.82) is 0 Å². The van der Waals surface area contributed by atoms with Gasteiger partial charge in [-0.25, -0.2) is 4.79 Å². The topological polar surface area (TPSA) is 110 Å². The molecule has 0 aliphatic carbocycles. The number of carbonyl (C=O) groups excluding carboxylic acids is 2. The van der Waals surface area contributed by atoms with Crippen LogP contribution in [-0.4, -0.2) is 18.5 Å². The number of nitrogens with two attached hydrogens (primary N) is 2. The van der Waals surface area contributed by atoms with E-state index in [0.29, 0.717) is 18.7 Å². The van der Waals surface area contributed by atoms with Crippen molar-refractivity contribution in [2.75, 3.05) is 11.9 Å². The zero-order valence-electron chi connectivity index (χ0n) is 11.8. The fraction of sp³-hybridized carbons (Fsp3) is 0.429. The summed E-state index contributed by atoms with van der Waals surface area (Å²) in [6, 6.07) is 6.45. The molecule has 0 aliphatic heterocycles. The number of rotatable bonds is 6. The van der Waals surface area contributed by atoms with Crippen LogP contribution in [0.2, 0.25) is 0 Å². The van der Waals surface area contributed by atoms with E-state index in [-0.39, 0.29) is 17.9 Å². The van der Waals surface area contributed by atoms with Gasteiger partial charge in [-0.2, -0.15) is 0 Å². The number of hydrogen-bond donors (Lipinski definition) is 4. The number of hydrogen-bond acceptors (Lipinski definition) is 3. The summed E-state index contributed by atoms with van der Waals surface area (Å²) in [7, 11) is 0. The monoisotopic (exact) mass is 278 g/mol. The van der Waals surface area contributed by atoms with Crippen molar-refractivity contribution in [2.24, 2.45) is 17.4 Å². The van der Waals surface area contributed by atoms with Crippen LogP contribution < -0.4 is 22.1 Å². The maximum Gasteiger partial charge on any atom is 0.316 e. The fourth-order valence-electron chi connectivity index (χ4n) is 1.82. The molecule has 0 spiro atoms. The quantitative estimate of drug-likeness (QED) is 0.630.